The molecule has 0 unspecified atom stereocenters. The van der Waals surface area contributed by atoms with Gasteiger partial charge in [0.1, 0.15) is 12.1 Å². The van der Waals surface area contributed by atoms with Crippen molar-refractivity contribution in [2.75, 3.05) is 19.0 Å². The SMILES string of the molecule is COCC(C)(C)Nc1ncnc2c1cnn2C. The molecule has 2 rings (SSSR count). The predicted molar refractivity (Wildman–Crippen MR) is 65.9 cm³/mol. The summed E-state index contributed by atoms with van der Waals surface area (Å²) in [6.45, 7) is 4.71. The molecule has 6 heteroatoms. The van der Waals surface area contributed by atoms with Crippen LogP contribution < -0.4 is 5.32 Å². The number of methoxy groups -OCH3 is 1. The van der Waals surface area contributed by atoms with Gasteiger partial charge in [-0.05, 0) is 13.8 Å². The van der Waals surface area contributed by atoms with Gasteiger partial charge in [-0.1, -0.05) is 0 Å². The monoisotopic (exact) mass is 235 g/mol. The van der Waals surface area contributed by atoms with Crippen molar-refractivity contribution in [2.24, 2.45) is 7.05 Å². The molecule has 0 atom stereocenters. The fourth-order valence-corrected chi connectivity index (χ4v) is 1.78. The Kier molecular flexibility index (Phi) is 2.97. The van der Waals surface area contributed by atoms with Gasteiger partial charge in [-0.25, -0.2) is 9.97 Å². The van der Waals surface area contributed by atoms with Crippen LogP contribution in [0.2, 0.25) is 0 Å². The Morgan fingerprint density at radius 2 is 2.18 bits per heavy atom. The Morgan fingerprint density at radius 3 is 2.88 bits per heavy atom. The van der Waals surface area contributed by atoms with E-state index in [2.05, 4.69) is 34.2 Å². The van der Waals surface area contributed by atoms with Crippen LogP contribution in [0.4, 0.5) is 5.82 Å². The van der Waals surface area contributed by atoms with Gasteiger partial charge < -0.3 is 10.1 Å². The van der Waals surface area contributed by atoms with E-state index in [-0.39, 0.29) is 5.54 Å². The van der Waals surface area contributed by atoms with Gasteiger partial charge in [-0.2, -0.15) is 5.10 Å². The summed E-state index contributed by atoms with van der Waals surface area (Å²) in [7, 11) is 3.54. The van der Waals surface area contributed by atoms with Crippen molar-refractivity contribution in [2.45, 2.75) is 19.4 Å². The number of hydrogen-bond donors (Lipinski definition) is 1. The zero-order valence-corrected chi connectivity index (χ0v) is 10.6. The average molecular weight is 235 g/mol. The predicted octanol–water partition coefficient (Wildman–Crippen LogP) is 1.20. The van der Waals surface area contributed by atoms with Crippen molar-refractivity contribution in [1.82, 2.24) is 19.7 Å². The largest absolute Gasteiger partial charge is 0.382 e. The number of hydrogen-bond acceptors (Lipinski definition) is 5. The van der Waals surface area contributed by atoms with Crippen molar-refractivity contribution >= 4 is 16.9 Å². The van der Waals surface area contributed by atoms with Crippen LogP contribution in [0.5, 0.6) is 0 Å². The highest BCUT2D eigenvalue weighted by Crippen LogP contribution is 2.21. The van der Waals surface area contributed by atoms with E-state index in [1.165, 1.54) is 6.33 Å². The standard InChI is InChI=1S/C11H17N5O/c1-11(2,6-17-4)15-9-8-5-14-16(3)10(8)13-7-12-9/h5,7H,6H2,1-4H3,(H,12,13,15). The normalized spacial score (nSPS) is 12.0. The molecule has 2 aromatic heterocycles. The topological polar surface area (TPSA) is 64.9 Å². The minimum Gasteiger partial charge on any atom is -0.382 e. The number of anilines is 1. The molecule has 0 fully saturated rings. The van der Waals surface area contributed by atoms with Crippen molar-refractivity contribution in [1.29, 1.82) is 0 Å². The maximum atomic E-state index is 5.17. The molecule has 92 valence electrons. The maximum absolute atomic E-state index is 5.17. The van der Waals surface area contributed by atoms with Crippen molar-refractivity contribution in [3.05, 3.63) is 12.5 Å². The van der Waals surface area contributed by atoms with Gasteiger partial charge in [0.05, 0.1) is 23.7 Å². The molecule has 0 aliphatic rings. The summed E-state index contributed by atoms with van der Waals surface area (Å²) in [4.78, 5) is 8.45. The fraction of sp³-hybridized carbons (Fsp3) is 0.545. The van der Waals surface area contributed by atoms with Crippen molar-refractivity contribution in [3.8, 4) is 0 Å². The van der Waals surface area contributed by atoms with E-state index in [1.54, 1.807) is 18.0 Å². The lowest BCUT2D eigenvalue weighted by Gasteiger charge is -2.25. The van der Waals surface area contributed by atoms with Gasteiger partial charge in [-0.15, -0.1) is 0 Å². The Morgan fingerprint density at radius 1 is 1.41 bits per heavy atom. The number of nitrogens with one attached hydrogen (secondary N) is 1. The summed E-state index contributed by atoms with van der Waals surface area (Å²) in [5.74, 6) is 0.783. The molecule has 17 heavy (non-hydrogen) atoms. The molecule has 6 nitrogen and oxygen atoms in total. The lowest BCUT2D eigenvalue weighted by molar-refractivity contribution is 0.158. The third-order valence-corrected chi connectivity index (χ3v) is 2.49. The molecule has 2 aromatic rings. The molecular formula is C11H17N5O. The lowest BCUT2D eigenvalue weighted by atomic mass is 10.1. The van der Waals surface area contributed by atoms with E-state index >= 15 is 0 Å². The second kappa shape index (κ2) is 4.29. The summed E-state index contributed by atoms with van der Waals surface area (Å²) in [5.41, 5.74) is 0.627. The molecule has 0 aromatic carbocycles. The van der Waals surface area contributed by atoms with E-state index in [0.717, 1.165) is 16.9 Å². The highest BCUT2D eigenvalue weighted by atomic mass is 16.5. The summed E-state index contributed by atoms with van der Waals surface area (Å²) < 4.78 is 6.90. The van der Waals surface area contributed by atoms with E-state index in [9.17, 15) is 0 Å². The average Bonchev–Trinajstić information content (AvgIpc) is 2.61. The van der Waals surface area contributed by atoms with Crippen LogP contribution in [0.15, 0.2) is 12.5 Å². The van der Waals surface area contributed by atoms with Gasteiger partial charge in [-0.3, -0.25) is 4.68 Å². The van der Waals surface area contributed by atoms with Gasteiger partial charge in [0.15, 0.2) is 5.65 Å². The van der Waals surface area contributed by atoms with Gasteiger partial charge in [0.25, 0.3) is 0 Å². The van der Waals surface area contributed by atoms with Crippen LogP contribution in [0.3, 0.4) is 0 Å². The maximum Gasteiger partial charge on any atom is 0.163 e. The number of rotatable bonds is 4. The Hall–Kier alpha value is -1.69. The molecule has 0 amide bonds. The molecular weight excluding hydrogens is 218 g/mol. The van der Waals surface area contributed by atoms with Crippen LogP contribution in [0, 0.1) is 0 Å². The first-order valence-electron chi connectivity index (χ1n) is 5.43. The summed E-state index contributed by atoms with van der Waals surface area (Å²) in [6.07, 6.45) is 3.30. The Balaban J connectivity index is 2.36. The smallest absolute Gasteiger partial charge is 0.163 e. The van der Waals surface area contributed by atoms with E-state index in [0.29, 0.717) is 6.61 Å². The zero-order valence-electron chi connectivity index (χ0n) is 10.6. The molecule has 0 saturated carbocycles. The van der Waals surface area contributed by atoms with Gasteiger partial charge in [0.2, 0.25) is 0 Å². The molecule has 0 aliphatic carbocycles. The highest BCUT2D eigenvalue weighted by molar-refractivity contribution is 5.86. The second-order valence-corrected chi connectivity index (χ2v) is 4.67. The minimum atomic E-state index is -0.189. The molecule has 0 spiro atoms. The lowest BCUT2D eigenvalue weighted by Crippen LogP contribution is -2.36. The molecule has 1 N–H and O–H groups in total. The van der Waals surface area contributed by atoms with E-state index in [1.807, 2.05) is 7.05 Å². The first-order valence-corrected chi connectivity index (χ1v) is 5.43. The minimum absolute atomic E-state index is 0.189. The fourth-order valence-electron chi connectivity index (χ4n) is 1.78. The zero-order chi connectivity index (χ0) is 12.5. The highest BCUT2D eigenvalue weighted by Gasteiger charge is 2.19. The third kappa shape index (κ3) is 2.36. The van der Waals surface area contributed by atoms with Crippen molar-refractivity contribution < 1.29 is 4.74 Å². The molecule has 0 aliphatic heterocycles. The quantitative estimate of drug-likeness (QED) is 0.862. The number of aromatic nitrogens is 4. The van der Waals surface area contributed by atoms with Crippen LogP contribution >= 0.6 is 0 Å². The van der Waals surface area contributed by atoms with Crippen LogP contribution in [0.25, 0.3) is 11.0 Å². The molecule has 2 heterocycles. The summed E-state index contributed by atoms with van der Waals surface area (Å²) in [5, 5.41) is 8.44. The number of nitrogens with zero attached hydrogens (tertiary/aromatic N) is 4. The molecule has 0 radical (unpaired) electrons. The van der Waals surface area contributed by atoms with Crippen LogP contribution in [-0.2, 0) is 11.8 Å². The Bertz CT molecular complexity index is 520. The van der Waals surface area contributed by atoms with Gasteiger partial charge >= 0.3 is 0 Å². The first kappa shape index (κ1) is 11.8. The molecule has 0 bridgehead atoms. The summed E-state index contributed by atoms with van der Waals surface area (Å²) >= 11 is 0. The van der Waals surface area contributed by atoms with Crippen LogP contribution in [0.1, 0.15) is 13.8 Å². The van der Waals surface area contributed by atoms with Crippen LogP contribution in [-0.4, -0.2) is 39.0 Å². The van der Waals surface area contributed by atoms with Crippen molar-refractivity contribution in [3.63, 3.8) is 0 Å². The number of aryl methyl sites for hydroxylation is 1. The van der Waals surface area contributed by atoms with Gasteiger partial charge in [0, 0.05) is 14.2 Å². The molecule has 0 saturated heterocycles. The third-order valence-electron chi connectivity index (χ3n) is 2.49. The summed E-state index contributed by atoms with van der Waals surface area (Å²) in [6, 6.07) is 0. The first-order chi connectivity index (χ1) is 8.03. The van der Waals surface area contributed by atoms with E-state index < -0.39 is 0 Å². The Labute approximate surface area is 100 Å². The van der Waals surface area contributed by atoms with E-state index in [4.69, 9.17) is 4.74 Å². The second-order valence-electron chi connectivity index (χ2n) is 4.67. The number of fused-ring (bicyclic) bond motifs is 1. The number of ether oxygens (including phenoxy) is 1.